The minimum atomic E-state index is -0.547. The lowest BCUT2D eigenvalue weighted by Crippen LogP contribution is -2.45. The van der Waals surface area contributed by atoms with Crippen molar-refractivity contribution in [2.45, 2.75) is 50.7 Å². The maximum atomic E-state index is 11.7. The molecule has 0 bridgehead atoms. The molecule has 3 N–H and O–H groups in total. The van der Waals surface area contributed by atoms with Crippen molar-refractivity contribution in [3.8, 4) is 0 Å². The molecule has 1 aromatic carbocycles. The van der Waals surface area contributed by atoms with E-state index in [9.17, 15) is 9.90 Å². The van der Waals surface area contributed by atoms with E-state index in [0.29, 0.717) is 12.5 Å². The summed E-state index contributed by atoms with van der Waals surface area (Å²) in [7, 11) is 0. The molecule has 0 spiro atoms. The van der Waals surface area contributed by atoms with E-state index in [1.807, 2.05) is 30.3 Å². The van der Waals surface area contributed by atoms with Gasteiger partial charge >= 0.3 is 6.03 Å². The molecule has 1 aliphatic carbocycles. The molecule has 20 heavy (non-hydrogen) atoms. The molecular weight excluding hydrogens is 252 g/mol. The van der Waals surface area contributed by atoms with Crippen LogP contribution in [0.15, 0.2) is 30.3 Å². The van der Waals surface area contributed by atoms with Crippen molar-refractivity contribution in [1.82, 2.24) is 10.6 Å². The van der Waals surface area contributed by atoms with Crippen molar-refractivity contribution in [1.29, 1.82) is 0 Å². The minimum Gasteiger partial charge on any atom is -0.391 e. The summed E-state index contributed by atoms with van der Waals surface area (Å²) in [5, 5.41) is 15.6. The largest absolute Gasteiger partial charge is 0.391 e. The third-order valence-corrected chi connectivity index (χ3v) is 3.75. The van der Waals surface area contributed by atoms with E-state index in [1.165, 1.54) is 19.3 Å². The van der Waals surface area contributed by atoms with E-state index >= 15 is 0 Å². The fourth-order valence-corrected chi connectivity index (χ4v) is 2.65. The lowest BCUT2D eigenvalue weighted by Gasteiger charge is -2.23. The summed E-state index contributed by atoms with van der Waals surface area (Å²) in [5.41, 5.74) is 1.08. The van der Waals surface area contributed by atoms with Crippen molar-refractivity contribution in [3.63, 3.8) is 0 Å². The van der Waals surface area contributed by atoms with E-state index in [2.05, 4.69) is 10.6 Å². The zero-order valence-corrected chi connectivity index (χ0v) is 11.8. The first-order valence-electron chi connectivity index (χ1n) is 7.50. The second kappa shape index (κ2) is 7.90. The smallest absolute Gasteiger partial charge is 0.315 e. The highest BCUT2D eigenvalue weighted by atomic mass is 16.3. The molecule has 1 atom stereocenters. The Bertz CT molecular complexity index is 402. The van der Waals surface area contributed by atoms with Gasteiger partial charge in [0, 0.05) is 19.0 Å². The number of aliphatic hydroxyl groups is 1. The first kappa shape index (κ1) is 14.9. The zero-order chi connectivity index (χ0) is 14.2. The summed E-state index contributed by atoms with van der Waals surface area (Å²) in [6.07, 6.45) is 5.82. The number of carbonyl (C=O) groups is 1. The fraction of sp³-hybridized carbons (Fsp3) is 0.562. The Hall–Kier alpha value is -1.55. The number of rotatable bonds is 5. The Labute approximate surface area is 120 Å². The number of hydrogen-bond acceptors (Lipinski definition) is 2. The third-order valence-electron chi connectivity index (χ3n) is 3.75. The van der Waals surface area contributed by atoms with Gasteiger partial charge in [0.25, 0.3) is 0 Å². The zero-order valence-electron chi connectivity index (χ0n) is 11.8. The topological polar surface area (TPSA) is 61.4 Å². The second-order valence-corrected chi connectivity index (χ2v) is 5.53. The van der Waals surface area contributed by atoms with Gasteiger partial charge in [0.1, 0.15) is 0 Å². The Morgan fingerprint density at radius 1 is 1.20 bits per heavy atom. The van der Waals surface area contributed by atoms with Crippen molar-refractivity contribution in [3.05, 3.63) is 35.9 Å². The summed E-state index contributed by atoms with van der Waals surface area (Å²) in [6, 6.07) is 9.94. The molecule has 4 nitrogen and oxygen atoms in total. The van der Waals surface area contributed by atoms with Crippen molar-refractivity contribution < 1.29 is 9.90 Å². The molecule has 0 radical (unpaired) electrons. The molecule has 4 heteroatoms. The van der Waals surface area contributed by atoms with E-state index in [0.717, 1.165) is 18.4 Å². The predicted molar refractivity (Wildman–Crippen MR) is 79.6 cm³/mol. The van der Waals surface area contributed by atoms with Crippen LogP contribution in [-0.2, 0) is 6.42 Å². The van der Waals surface area contributed by atoms with Crippen LogP contribution in [0, 0.1) is 0 Å². The number of nitrogens with one attached hydrogen (secondary N) is 2. The highest BCUT2D eigenvalue weighted by Crippen LogP contribution is 2.17. The molecule has 1 saturated carbocycles. The van der Waals surface area contributed by atoms with Gasteiger partial charge in [-0.3, -0.25) is 0 Å². The lowest BCUT2D eigenvalue weighted by atomic mass is 9.96. The van der Waals surface area contributed by atoms with Crippen molar-refractivity contribution >= 4 is 6.03 Å². The quantitative estimate of drug-likeness (QED) is 0.772. The number of aliphatic hydroxyl groups excluding tert-OH is 1. The third kappa shape index (κ3) is 5.21. The van der Waals surface area contributed by atoms with Crippen LogP contribution >= 0.6 is 0 Å². The van der Waals surface area contributed by atoms with Crippen LogP contribution in [0.3, 0.4) is 0 Å². The molecule has 0 unspecified atom stereocenters. The average molecular weight is 276 g/mol. The van der Waals surface area contributed by atoms with Gasteiger partial charge < -0.3 is 15.7 Å². The molecule has 0 aromatic heterocycles. The first-order chi connectivity index (χ1) is 9.74. The minimum absolute atomic E-state index is 0.163. The maximum absolute atomic E-state index is 11.7. The SMILES string of the molecule is O=C(NC[C@@H](O)Cc1ccccc1)NC1CCCCC1. The molecule has 1 aliphatic rings. The molecule has 0 heterocycles. The van der Waals surface area contributed by atoms with Gasteiger partial charge in [-0.25, -0.2) is 4.79 Å². The highest BCUT2D eigenvalue weighted by molar-refractivity contribution is 5.74. The Morgan fingerprint density at radius 3 is 2.60 bits per heavy atom. The van der Waals surface area contributed by atoms with Crippen LogP contribution in [0.4, 0.5) is 4.79 Å². The maximum Gasteiger partial charge on any atom is 0.315 e. The first-order valence-corrected chi connectivity index (χ1v) is 7.50. The molecule has 1 fully saturated rings. The monoisotopic (exact) mass is 276 g/mol. The second-order valence-electron chi connectivity index (χ2n) is 5.53. The van der Waals surface area contributed by atoms with Gasteiger partial charge in [0.05, 0.1) is 6.10 Å². The molecule has 2 rings (SSSR count). The number of amides is 2. The number of hydrogen-bond donors (Lipinski definition) is 3. The summed E-state index contributed by atoms with van der Waals surface area (Å²) in [6.45, 7) is 0.285. The number of carbonyl (C=O) groups excluding carboxylic acids is 1. The van der Waals surface area contributed by atoms with Crippen LogP contribution in [-0.4, -0.2) is 29.8 Å². The van der Waals surface area contributed by atoms with Crippen LogP contribution in [0.1, 0.15) is 37.7 Å². The molecule has 1 aromatic rings. The molecule has 0 aliphatic heterocycles. The molecule has 2 amide bonds. The normalized spacial score (nSPS) is 17.4. The molecule has 110 valence electrons. The summed E-state index contributed by atoms with van der Waals surface area (Å²) < 4.78 is 0. The van der Waals surface area contributed by atoms with Crippen LogP contribution in [0.2, 0.25) is 0 Å². The summed E-state index contributed by atoms with van der Waals surface area (Å²) in [5.74, 6) is 0. The van der Waals surface area contributed by atoms with E-state index < -0.39 is 6.10 Å². The van der Waals surface area contributed by atoms with E-state index in [-0.39, 0.29) is 12.6 Å². The Kier molecular flexibility index (Phi) is 5.87. The molecular formula is C16H24N2O2. The van der Waals surface area contributed by atoms with Gasteiger partial charge in [-0.05, 0) is 18.4 Å². The van der Waals surface area contributed by atoms with Gasteiger partial charge in [-0.2, -0.15) is 0 Å². The number of urea groups is 1. The van der Waals surface area contributed by atoms with Gasteiger partial charge in [0.15, 0.2) is 0 Å². The van der Waals surface area contributed by atoms with E-state index in [1.54, 1.807) is 0 Å². The van der Waals surface area contributed by atoms with Crippen molar-refractivity contribution in [2.75, 3.05) is 6.54 Å². The highest BCUT2D eigenvalue weighted by Gasteiger charge is 2.16. The number of benzene rings is 1. The van der Waals surface area contributed by atoms with Gasteiger partial charge in [-0.15, -0.1) is 0 Å². The van der Waals surface area contributed by atoms with Crippen molar-refractivity contribution in [2.24, 2.45) is 0 Å². The lowest BCUT2D eigenvalue weighted by molar-refractivity contribution is 0.169. The average Bonchev–Trinajstić information content (AvgIpc) is 2.47. The van der Waals surface area contributed by atoms with Crippen LogP contribution < -0.4 is 10.6 Å². The standard InChI is InChI=1S/C16H24N2O2/c19-15(11-13-7-3-1-4-8-13)12-17-16(20)18-14-9-5-2-6-10-14/h1,3-4,7-8,14-15,19H,2,5-6,9-12H2,(H2,17,18,20)/t15-/m0/s1. The summed E-state index contributed by atoms with van der Waals surface area (Å²) in [4.78, 5) is 11.7. The Morgan fingerprint density at radius 2 is 1.90 bits per heavy atom. The van der Waals surface area contributed by atoms with Gasteiger partial charge in [-0.1, -0.05) is 49.6 Å². The van der Waals surface area contributed by atoms with Crippen LogP contribution in [0.5, 0.6) is 0 Å². The van der Waals surface area contributed by atoms with Crippen LogP contribution in [0.25, 0.3) is 0 Å². The van der Waals surface area contributed by atoms with E-state index in [4.69, 9.17) is 0 Å². The fourth-order valence-electron chi connectivity index (χ4n) is 2.65. The Balaban J connectivity index is 1.64. The predicted octanol–water partition coefficient (Wildman–Crippen LogP) is 2.22. The molecule has 0 saturated heterocycles. The van der Waals surface area contributed by atoms with Gasteiger partial charge in [0.2, 0.25) is 0 Å². The summed E-state index contributed by atoms with van der Waals surface area (Å²) >= 11 is 0.